The standard InChI is InChI=1S/C18H16N.Y/c1-2-14-13-19-18(16-11-7-4-8-12-16)17(14)15-9-5-3-6-10-15;/h2-12H,13H2,1H3;/q-1;. The zero-order chi connectivity index (χ0) is 13.1. The molecular weight excluding hydrogens is 319 g/mol. The number of benzene rings is 2. The summed E-state index contributed by atoms with van der Waals surface area (Å²) < 4.78 is 0. The largest absolute Gasteiger partial charge is 0.302 e. The van der Waals surface area contributed by atoms with E-state index in [2.05, 4.69) is 61.9 Å². The summed E-state index contributed by atoms with van der Waals surface area (Å²) in [5, 5.41) is 0. The van der Waals surface area contributed by atoms with Crippen molar-refractivity contribution in [1.82, 2.24) is 0 Å². The molecule has 0 N–H and O–H groups in total. The van der Waals surface area contributed by atoms with Crippen LogP contribution in [-0.4, -0.2) is 12.3 Å². The van der Waals surface area contributed by atoms with Gasteiger partial charge in [0.25, 0.3) is 0 Å². The van der Waals surface area contributed by atoms with Crippen molar-refractivity contribution in [2.45, 2.75) is 6.92 Å². The van der Waals surface area contributed by atoms with Crippen LogP contribution >= 0.6 is 0 Å². The molecule has 0 unspecified atom stereocenters. The molecule has 97 valence electrons. The minimum absolute atomic E-state index is 0. The maximum atomic E-state index is 4.73. The summed E-state index contributed by atoms with van der Waals surface area (Å²) >= 11 is 0. The van der Waals surface area contributed by atoms with E-state index in [4.69, 9.17) is 4.99 Å². The summed E-state index contributed by atoms with van der Waals surface area (Å²) in [5.41, 5.74) is 6.13. The van der Waals surface area contributed by atoms with E-state index >= 15 is 0 Å². The molecule has 0 bridgehead atoms. The van der Waals surface area contributed by atoms with Crippen molar-refractivity contribution in [1.29, 1.82) is 0 Å². The molecule has 2 heteroatoms. The van der Waals surface area contributed by atoms with Crippen molar-refractivity contribution in [2.75, 3.05) is 6.54 Å². The van der Waals surface area contributed by atoms with Gasteiger partial charge in [-0.1, -0.05) is 66.2 Å². The molecule has 20 heavy (non-hydrogen) atoms. The molecule has 1 aliphatic rings. The van der Waals surface area contributed by atoms with Crippen LogP contribution in [0.25, 0.3) is 5.57 Å². The molecule has 1 heterocycles. The van der Waals surface area contributed by atoms with Gasteiger partial charge in [0, 0.05) is 39.3 Å². The summed E-state index contributed by atoms with van der Waals surface area (Å²) in [6.45, 7) is 2.87. The van der Waals surface area contributed by atoms with Gasteiger partial charge in [-0.2, -0.15) is 5.57 Å². The Morgan fingerprint density at radius 3 is 1.95 bits per heavy atom. The van der Waals surface area contributed by atoms with Crippen molar-refractivity contribution in [2.24, 2.45) is 4.99 Å². The van der Waals surface area contributed by atoms with Crippen LogP contribution in [0.5, 0.6) is 0 Å². The zero-order valence-corrected chi connectivity index (χ0v) is 14.4. The molecule has 2 aromatic rings. The van der Waals surface area contributed by atoms with Crippen LogP contribution in [0.3, 0.4) is 0 Å². The fourth-order valence-corrected chi connectivity index (χ4v) is 2.47. The van der Waals surface area contributed by atoms with E-state index in [0.717, 1.165) is 12.3 Å². The third kappa shape index (κ3) is 2.94. The van der Waals surface area contributed by atoms with Gasteiger partial charge in [0.15, 0.2) is 0 Å². The van der Waals surface area contributed by atoms with Crippen molar-refractivity contribution < 1.29 is 32.7 Å². The van der Waals surface area contributed by atoms with E-state index in [-0.39, 0.29) is 32.7 Å². The van der Waals surface area contributed by atoms with E-state index in [0.29, 0.717) is 0 Å². The monoisotopic (exact) mass is 335 g/mol. The predicted molar refractivity (Wildman–Crippen MR) is 81.2 cm³/mol. The molecule has 1 radical (unpaired) electrons. The smallest absolute Gasteiger partial charge is 0.0311 e. The number of aliphatic imine (C=N–C) groups is 1. The number of allylic oxidation sites excluding steroid dienone is 1. The molecule has 3 rings (SSSR count). The van der Waals surface area contributed by atoms with Gasteiger partial charge >= 0.3 is 0 Å². The second kappa shape index (κ2) is 7.01. The van der Waals surface area contributed by atoms with E-state index in [1.54, 1.807) is 0 Å². The maximum absolute atomic E-state index is 4.73. The van der Waals surface area contributed by atoms with Crippen LogP contribution in [0.2, 0.25) is 0 Å². The molecule has 1 nitrogen and oxygen atoms in total. The average Bonchev–Trinajstić information content (AvgIpc) is 2.93. The fourth-order valence-electron chi connectivity index (χ4n) is 2.47. The van der Waals surface area contributed by atoms with Gasteiger partial charge < -0.3 is 4.99 Å². The summed E-state index contributed by atoms with van der Waals surface area (Å²) in [6, 6.07) is 20.9. The summed E-state index contributed by atoms with van der Waals surface area (Å²) in [6.07, 6.45) is 2.17. The Morgan fingerprint density at radius 1 is 0.850 bits per heavy atom. The number of rotatable bonds is 3. The first-order valence-electron chi connectivity index (χ1n) is 6.58. The Bertz CT molecular complexity index is 627. The molecule has 0 aliphatic carbocycles. The average molecular weight is 335 g/mol. The quantitative estimate of drug-likeness (QED) is 0.747. The van der Waals surface area contributed by atoms with Crippen LogP contribution in [-0.2, 0) is 32.7 Å². The molecule has 0 atom stereocenters. The number of hydrogen-bond donors (Lipinski definition) is 0. The van der Waals surface area contributed by atoms with Gasteiger partial charge in [-0.15, -0.1) is 12.5 Å². The topological polar surface area (TPSA) is 12.4 Å². The summed E-state index contributed by atoms with van der Waals surface area (Å²) in [7, 11) is 0. The number of nitrogens with zero attached hydrogens (tertiary/aromatic N) is 1. The first-order valence-corrected chi connectivity index (χ1v) is 6.58. The molecular formula is C18H16NY-. The summed E-state index contributed by atoms with van der Waals surface area (Å²) in [5.74, 6) is 0. The van der Waals surface area contributed by atoms with Crippen LogP contribution in [0.15, 0.2) is 71.2 Å². The first-order chi connectivity index (χ1) is 9.40. The second-order valence-corrected chi connectivity index (χ2v) is 4.59. The predicted octanol–water partition coefficient (Wildman–Crippen LogP) is 4.16. The Morgan fingerprint density at radius 2 is 1.40 bits per heavy atom. The van der Waals surface area contributed by atoms with Gasteiger partial charge in [0.05, 0.1) is 0 Å². The minimum Gasteiger partial charge on any atom is -0.302 e. The molecule has 0 spiro atoms. The Kier molecular flexibility index (Phi) is 5.33. The molecule has 0 aromatic heterocycles. The van der Waals surface area contributed by atoms with Crippen molar-refractivity contribution in [3.8, 4) is 0 Å². The number of hydrogen-bond acceptors (Lipinski definition) is 1. The summed E-state index contributed by atoms with van der Waals surface area (Å²) in [4.78, 5) is 4.73. The Labute approximate surface area is 145 Å². The third-order valence-electron chi connectivity index (χ3n) is 3.42. The molecule has 1 aliphatic heterocycles. The van der Waals surface area contributed by atoms with Gasteiger partial charge in [-0.3, -0.25) is 0 Å². The fraction of sp³-hybridized carbons (Fsp3) is 0.111. The van der Waals surface area contributed by atoms with Crippen LogP contribution in [0.1, 0.15) is 18.1 Å². The Balaban J connectivity index is 0.00000147. The molecule has 0 saturated heterocycles. The van der Waals surface area contributed by atoms with Gasteiger partial charge in [-0.25, -0.2) is 6.42 Å². The van der Waals surface area contributed by atoms with E-state index in [1.165, 1.54) is 22.3 Å². The first kappa shape index (κ1) is 15.2. The van der Waals surface area contributed by atoms with Gasteiger partial charge in [0.2, 0.25) is 0 Å². The van der Waals surface area contributed by atoms with Crippen molar-refractivity contribution in [3.63, 3.8) is 0 Å². The van der Waals surface area contributed by atoms with Crippen LogP contribution in [0, 0.1) is 6.42 Å². The van der Waals surface area contributed by atoms with E-state index in [9.17, 15) is 0 Å². The normalized spacial score (nSPS) is 13.8. The maximum Gasteiger partial charge on any atom is 0.0311 e. The van der Waals surface area contributed by atoms with Crippen LogP contribution < -0.4 is 0 Å². The van der Waals surface area contributed by atoms with Crippen LogP contribution in [0.4, 0.5) is 0 Å². The molecule has 0 fully saturated rings. The van der Waals surface area contributed by atoms with Crippen molar-refractivity contribution >= 4 is 11.3 Å². The third-order valence-corrected chi connectivity index (χ3v) is 3.42. The molecule has 2 aromatic carbocycles. The van der Waals surface area contributed by atoms with Gasteiger partial charge in [-0.05, 0) is 11.3 Å². The van der Waals surface area contributed by atoms with E-state index in [1.807, 2.05) is 12.1 Å². The zero-order valence-electron chi connectivity index (χ0n) is 11.6. The van der Waals surface area contributed by atoms with E-state index < -0.39 is 0 Å². The van der Waals surface area contributed by atoms with Crippen molar-refractivity contribution in [3.05, 3.63) is 83.8 Å². The SMILES string of the molecule is C[CH-]C1=C(c2ccccc2)C(c2ccccc2)=NC1.[Y]. The Hall–Kier alpha value is -1.18. The molecule has 0 saturated carbocycles. The second-order valence-electron chi connectivity index (χ2n) is 4.59. The van der Waals surface area contributed by atoms with Gasteiger partial charge in [0.1, 0.15) is 0 Å². The molecule has 0 amide bonds. The minimum atomic E-state index is 0.